The summed E-state index contributed by atoms with van der Waals surface area (Å²) in [6.45, 7) is 10.3. The van der Waals surface area contributed by atoms with Crippen LogP contribution in [0, 0.1) is 5.92 Å². The van der Waals surface area contributed by atoms with Crippen molar-refractivity contribution < 1.29 is 9.53 Å². The minimum absolute atomic E-state index is 0.199. The van der Waals surface area contributed by atoms with Gasteiger partial charge < -0.3 is 15.0 Å². The number of carbonyl (C=O) groups is 1. The number of carbonyl (C=O) groups excluding carboxylic acids is 1. The Morgan fingerprint density at radius 1 is 1.55 bits per heavy atom. The Hall–Kier alpha value is -1.56. The van der Waals surface area contributed by atoms with Gasteiger partial charge in [0.15, 0.2) is 0 Å². The molecule has 0 spiro atoms. The van der Waals surface area contributed by atoms with E-state index in [1.165, 1.54) is 5.69 Å². The number of aryl methyl sites for hydroxylation is 1. The lowest BCUT2D eigenvalue weighted by atomic mass is 10.1. The van der Waals surface area contributed by atoms with Crippen LogP contribution in [0.5, 0.6) is 0 Å². The van der Waals surface area contributed by atoms with Crippen LogP contribution in [0.4, 0.5) is 4.79 Å². The minimum Gasteiger partial charge on any atom is -0.444 e. The number of nitrogens with one attached hydrogen (secondary N) is 1. The van der Waals surface area contributed by atoms with Crippen molar-refractivity contribution in [3.05, 3.63) is 18.0 Å². The van der Waals surface area contributed by atoms with E-state index < -0.39 is 5.60 Å². The van der Waals surface area contributed by atoms with Crippen molar-refractivity contribution in [3.63, 3.8) is 0 Å². The van der Waals surface area contributed by atoms with Crippen molar-refractivity contribution in [1.82, 2.24) is 20.0 Å². The summed E-state index contributed by atoms with van der Waals surface area (Å²) in [7, 11) is 1.95. The van der Waals surface area contributed by atoms with Gasteiger partial charge >= 0.3 is 6.09 Å². The first-order valence-electron chi connectivity index (χ1n) is 7.95. The van der Waals surface area contributed by atoms with Crippen LogP contribution in [-0.4, -0.2) is 46.0 Å². The lowest BCUT2D eigenvalue weighted by Gasteiger charge is -2.24. The predicted molar refractivity (Wildman–Crippen MR) is 85.5 cm³/mol. The van der Waals surface area contributed by atoms with Gasteiger partial charge in [-0.3, -0.25) is 4.68 Å². The third kappa shape index (κ3) is 4.47. The largest absolute Gasteiger partial charge is 0.444 e. The lowest BCUT2D eigenvalue weighted by Crippen LogP contribution is -2.36. The van der Waals surface area contributed by atoms with Gasteiger partial charge in [0.25, 0.3) is 0 Å². The fraction of sp³-hybridized carbons (Fsp3) is 0.750. The van der Waals surface area contributed by atoms with Gasteiger partial charge in [-0.15, -0.1) is 0 Å². The number of ether oxygens (including phenoxy) is 1. The molecule has 2 atom stereocenters. The first kappa shape index (κ1) is 16.8. The molecule has 2 unspecified atom stereocenters. The first-order valence-corrected chi connectivity index (χ1v) is 7.95. The second-order valence-electron chi connectivity index (χ2n) is 7.09. The van der Waals surface area contributed by atoms with Gasteiger partial charge in [0, 0.05) is 38.9 Å². The van der Waals surface area contributed by atoms with Crippen LogP contribution < -0.4 is 5.32 Å². The van der Waals surface area contributed by atoms with Gasteiger partial charge in [0.1, 0.15) is 5.60 Å². The summed E-state index contributed by atoms with van der Waals surface area (Å²) >= 11 is 0. The lowest BCUT2D eigenvalue weighted by molar-refractivity contribution is 0.0288. The highest BCUT2D eigenvalue weighted by Crippen LogP contribution is 2.20. The van der Waals surface area contributed by atoms with Crippen molar-refractivity contribution in [2.45, 2.75) is 45.8 Å². The summed E-state index contributed by atoms with van der Waals surface area (Å²) in [6.07, 6.45) is 2.63. The van der Waals surface area contributed by atoms with E-state index in [0.717, 1.165) is 26.1 Å². The third-order valence-electron chi connectivity index (χ3n) is 3.95. The van der Waals surface area contributed by atoms with Crippen LogP contribution in [0.3, 0.4) is 0 Å². The number of amides is 1. The van der Waals surface area contributed by atoms with E-state index in [-0.39, 0.29) is 12.1 Å². The molecule has 22 heavy (non-hydrogen) atoms. The summed E-state index contributed by atoms with van der Waals surface area (Å²) in [4.78, 5) is 13.9. The van der Waals surface area contributed by atoms with Gasteiger partial charge in [-0.25, -0.2) is 4.79 Å². The molecule has 1 amide bonds. The summed E-state index contributed by atoms with van der Waals surface area (Å²) in [5.41, 5.74) is 0.739. The molecule has 0 radical (unpaired) electrons. The molecule has 1 saturated heterocycles. The number of aromatic nitrogens is 2. The van der Waals surface area contributed by atoms with Gasteiger partial charge in [-0.2, -0.15) is 5.10 Å². The molecule has 6 nitrogen and oxygen atoms in total. The fourth-order valence-electron chi connectivity index (χ4n) is 2.75. The Morgan fingerprint density at radius 2 is 2.27 bits per heavy atom. The fourth-order valence-corrected chi connectivity index (χ4v) is 2.75. The SMILES string of the molecule is CC(NCC1CCN(C(=O)OC(C)(C)C)C1)c1ccnn1C. The molecule has 1 aromatic rings. The molecule has 6 heteroatoms. The molecule has 0 saturated carbocycles. The first-order chi connectivity index (χ1) is 10.3. The van der Waals surface area contributed by atoms with Crippen molar-refractivity contribution in [2.75, 3.05) is 19.6 Å². The maximum Gasteiger partial charge on any atom is 0.410 e. The van der Waals surface area contributed by atoms with Gasteiger partial charge in [-0.05, 0) is 46.1 Å². The Labute approximate surface area is 132 Å². The number of likely N-dealkylation sites (tertiary alicyclic amines) is 1. The second-order valence-corrected chi connectivity index (χ2v) is 7.09. The molecule has 1 fully saturated rings. The van der Waals surface area contributed by atoms with E-state index in [1.54, 1.807) is 0 Å². The van der Waals surface area contributed by atoms with Crippen LogP contribution in [0.1, 0.15) is 45.9 Å². The maximum absolute atomic E-state index is 12.0. The molecule has 0 aromatic carbocycles. The highest BCUT2D eigenvalue weighted by Gasteiger charge is 2.29. The van der Waals surface area contributed by atoms with Crippen LogP contribution >= 0.6 is 0 Å². The molecule has 0 bridgehead atoms. The molecular formula is C16H28N4O2. The quantitative estimate of drug-likeness (QED) is 0.927. The number of hydrogen-bond donors (Lipinski definition) is 1. The van der Waals surface area contributed by atoms with E-state index in [9.17, 15) is 4.79 Å². The second kappa shape index (κ2) is 6.69. The molecule has 2 heterocycles. The van der Waals surface area contributed by atoms with Crippen LogP contribution in [0.2, 0.25) is 0 Å². The molecule has 2 rings (SSSR count). The van der Waals surface area contributed by atoms with E-state index in [4.69, 9.17) is 4.74 Å². The van der Waals surface area contributed by atoms with Crippen molar-refractivity contribution in [2.24, 2.45) is 13.0 Å². The molecule has 124 valence electrons. The number of nitrogens with zero attached hydrogens (tertiary/aromatic N) is 3. The number of rotatable bonds is 4. The zero-order valence-electron chi connectivity index (χ0n) is 14.3. The third-order valence-corrected chi connectivity index (χ3v) is 3.95. The van der Waals surface area contributed by atoms with Crippen molar-refractivity contribution >= 4 is 6.09 Å². The molecule has 1 N–H and O–H groups in total. The predicted octanol–water partition coefficient (Wildman–Crippen LogP) is 2.33. The monoisotopic (exact) mass is 308 g/mol. The molecule has 1 aliphatic heterocycles. The van der Waals surface area contributed by atoms with Crippen molar-refractivity contribution in [3.8, 4) is 0 Å². The molecular weight excluding hydrogens is 280 g/mol. The molecule has 0 aliphatic carbocycles. The maximum atomic E-state index is 12.0. The summed E-state index contributed by atoms with van der Waals surface area (Å²) in [6, 6.07) is 2.28. The Morgan fingerprint density at radius 3 is 2.86 bits per heavy atom. The van der Waals surface area contributed by atoms with E-state index in [2.05, 4.69) is 17.3 Å². The summed E-state index contributed by atoms with van der Waals surface area (Å²) in [5, 5.41) is 7.73. The Kier molecular flexibility index (Phi) is 5.11. The van der Waals surface area contributed by atoms with Crippen molar-refractivity contribution in [1.29, 1.82) is 0 Å². The number of hydrogen-bond acceptors (Lipinski definition) is 4. The highest BCUT2D eigenvalue weighted by atomic mass is 16.6. The highest BCUT2D eigenvalue weighted by molar-refractivity contribution is 5.68. The van der Waals surface area contributed by atoms with Gasteiger partial charge in [0.2, 0.25) is 0 Å². The Bertz CT molecular complexity index is 506. The van der Waals surface area contributed by atoms with Crippen LogP contribution in [-0.2, 0) is 11.8 Å². The average molecular weight is 308 g/mol. The smallest absolute Gasteiger partial charge is 0.410 e. The van der Waals surface area contributed by atoms with E-state index in [1.807, 2.05) is 49.7 Å². The van der Waals surface area contributed by atoms with E-state index >= 15 is 0 Å². The normalized spacial score (nSPS) is 20.2. The zero-order chi connectivity index (χ0) is 16.3. The van der Waals surface area contributed by atoms with Gasteiger partial charge in [0.05, 0.1) is 5.69 Å². The zero-order valence-corrected chi connectivity index (χ0v) is 14.3. The summed E-state index contributed by atoms with van der Waals surface area (Å²) < 4.78 is 7.31. The van der Waals surface area contributed by atoms with Crippen LogP contribution in [0.25, 0.3) is 0 Å². The Balaban J connectivity index is 1.77. The van der Waals surface area contributed by atoms with E-state index in [0.29, 0.717) is 5.92 Å². The minimum atomic E-state index is -0.429. The standard InChI is InChI=1S/C16H28N4O2/c1-12(14-6-8-18-19(14)5)17-10-13-7-9-20(11-13)15(21)22-16(2,3)4/h6,8,12-13,17H,7,9-11H2,1-5H3. The summed E-state index contributed by atoms with van der Waals surface area (Å²) in [5.74, 6) is 0.475. The topological polar surface area (TPSA) is 59.4 Å². The molecule has 1 aromatic heterocycles. The average Bonchev–Trinajstić information content (AvgIpc) is 3.02. The molecule has 1 aliphatic rings. The van der Waals surface area contributed by atoms with Gasteiger partial charge in [-0.1, -0.05) is 0 Å². The van der Waals surface area contributed by atoms with Crippen LogP contribution in [0.15, 0.2) is 12.3 Å².